The fourth-order valence-corrected chi connectivity index (χ4v) is 4.41. The number of aliphatic hydroxyl groups is 3. The van der Waals surface area contributed by atoms with Gasteiger partial charge in [-0.25, -0.2) is 0 Å². The Morgan fingerprint density at radius 2 is 1.65 bits per heavy atom. The Balaban J connectivity index is 1.92. The van der Waals surface area contributed by atoms with Crippen molar-refractivity contribution in [3.8, 4) is 11.5 Å². The first-order valence-electron chi connectivity index (χ1n) is 9.68. The number of aryl methyl sites for hydroxylation is 1. The molecule has 2 aliphatic rings. The molecule has 1 unspecified atom stereocenters. The lowest BCUT2D eigenvalue weighted by Gasteiger charge is -2.44. The van der Waals surface area contributed by atoms with E-state index in [0.29, 0.717) is 16.7 Å². The number of ether oxygens (including phenoxy) is 2. The lowest BCUT2D eigenvalue weighted by Crippen LogP contribution is -2.60. The van der Waals surface area contributed by atoms with Gasteiger partial charge in [0.2, 0.25) is 12.1 Å². The molecule has 0 amide bonds. The van der Waals surface area contributed by atoms with Crippen molar-refractivity contribution in [2.45, 2.75) is 50.5 Å². The van der Waals surface area contributed by atoms with Crippen molar-refractivity contribution in [2.75, 3.05) is 0 Å². The standard InChI is InChI=1S/C22H22O9/c1-8-6-11-14(21-19(28)18(27)20(29)22(31-21)30-9(2)23)10-4-3-5-12(24)15(10)17(26)16(11)13(25)7-8/h3-7,14,18-22,24-25,27-29H,1-2H3/t14?,18-,19-,20-,21+,22-/m1/s1. The number of fused-ring (bicyclic) bond motifs is 2. The molecule has 0 bridgehead atoms. The van der Waals surface area contributed by atoms with E-state index in [0.717, 1.165) is 6.92 Å². The zero-order valence-electron chi connectivity index (χ0n) is 16.7. The summed E-state index contributed by atoms with van der Waals surface area (Å²) in [5.74, 6) is -2.92. The Bertz CT molecular complexity index is 1060. The number of carbonyl (C=O) groups is 2. The van der Waals surface area contributed by atoms with Gasteiger partial charge in [0.05, 0.1) is 11.1 Å². The molecule has 1 aliphatic carbocycles. The number of aliphatic hydroxyl groups excluding tert-OH is 3. The highest BCUT2D eigenvalue weighted by Gasteiger charge is 2.51. The number of hydrogen-bond acceptors (Lipinski definition) is 9. The molecule has 9 nitrogen and oxygen atoms in total. The topological polar surface area (TPSA) is 154 Å². The lowest BCUT2D eigenvalue weighted by atomic mass is 9.71. The van der Waals surface area contributed by atoms with Crippen LogP contribution in [-0.4, -0.2) is 68.0 Å². The van der Waals surface area contributed by atoms with Gasteiger partial charge in [-0.2, -0.15) is 0 Å². The molecule has 1 aliphatic heterocycles. The number of phenolic OH excluding ortho intramolecular Hbond substituents is 2. The minimum absolute atomic E-state index is 0.0648. The summed E-state index contributed by atoms with van der Waals surface area (Å²) in [7, 11) is 0. The Labute approximate surface area is 177 Å². The van der Waals surface area contributed by atoms with E-state index in [9.17, 15) is 35.1 Å². The Kier molecular flexibility index (Phi) is 5.22. The van der Waals surface area contributed by atoms with Crippen molar-refractivity contribution in [1.82, 2.24) is 0 Å². The van der Waals surface area contributed by atoms with Crippen molar-refractivity contribution in [3.63, 3.8) is 0 Å². The van der Waals surface area contributed by atoms with Crippen molar-refractivity contribution in [1.29, 1.82) is 0 Å². The maximum Gasteiger partial charge on any atom is 0.305 e. The van der Waals surface area contributed by atoms with Crippen LogP contribution < -0.4 is 0 Å². The van der Waals surface area contributed by atoms with Gasteiger partial charge >= 0.3 is 5.97 Å². The average Bonchev–Trinajstić information content (AvgIpc) is 2.68. The fourth-order valence-electron chi connectivity index (χ4n) is 4.41. The molecule has 1 fully saturated rings. The number of phenols is 2. The van der Waals surface area contributed by atoms with Crippen molar-refractivity contribution in [2.24, 2.45) is 0 Å². The molecule has 31 heavy (non-hydrogen) atoms. The van der Waals surface area contributed by atoms with Gasteiger partial charge in [-0.1, -0.05) is 18.2 Å². The molecule has 4 rings (SSSR count). The van der Waals surface area contributed by atoms with Crippen LogP contribution in [0.2, 0.25) is 0 Å². The van der Waals surface area contributed by atoms with Crippen LogP contribution in [0.5, 0.6) is 11.5 Å². The number of carbonyl (C=O) groups excluding carboxylic acids is 2. The molecule has 2 aromatic carbocycles. The zero-order valence-corrected chi connectivity index (χ0v) is 16.7. The lowest BCUT2D eigenvalue weighted by molar-refractivity contribution is -0.289. The van der Waals surface area contributed by atoms with E-state index >= 15 is 0 Å². The van der Waals surface area contributed by atoms with Gasteiger partial charge in [0, 0.05) is 12.8 Å². The van der Waals surface area contributed by atoms with E-state index in [1.165, 1.54) is 18.2 Å². The minimum Gasteiger partial charge on any atom is -0.507 e. The number of ketones is 1. The highest BCUT2D eigenvalue weighted by molar-refractivity contribution is 6.16. The molecule has 164 valence electrons. The van der Waals surface area contributed by atoms with Gasteiger partial charge in [0.1, 0.15) is 35.9 Å². The smallest absolute Gasteiger partial charge is 0.305 e. The van der Waals surface area contributed by atoms with Crippen LogP contribution in [0.25, 0.3) is 0 Å². The minimum atomic E-state index is -1.72. The summed E-state index contributed by atoms with van der Waals surface area (Å²) in [5, 5.41) is 52.2. The highest BCUT2D eigenvalue weighted by Crippen LogP contribution is 2.47. The second-order valence-corrected chi connectivity index (χ2v) is 7.85. The third-order valence-electron chi connectivity index (χ3n) is 5.71. The first-order chi connectivity index (χ1) is 14.6. The molecule has 9 heteroatoms. The third kappa shape index (κ3) is 3.35. The molecule has 6 atom stereocenters. The SMILES string of the molecule is CC(=O)O[C@@H]1O[C@@H](C2c3cccc(O)c3C(=O)c3c(O)cc(C)cc32)[C@H](O)[C@@H](O)[C@H]1O. The molecule has 0 spiro atoms. The number of benzene rings is 2. The van der Waals surface area contributed by atoms with Crippen LogP contribution in [0.15, 0.2) is 30.3 Å². The Hall–Kier alpha value is -2.98. The molecular weight excluding hydrogens is 408 g/mol. The summed E-state index contributed by atoms with van der Waals surface area (Å²) in [6.45, 7) is 2.81. The summed E-state index contributed by atoms with van der Waals surface area (Å²) in [6.07, 6.45) is -7.90. The van der Waals surface area contributed by atoms with Gasteiger partial charge in [-0.15, -0.1) is 0 Å². The second-order valence-electron chi connectivity index (χ2n) is 7.85. The van der Waals surface area contributed by atoms with Gasteiger partial charge < -0.3 is 35.0 Å². The van der Waals surface area contributed by atoms with Gasteiger partial charge in [0.25, 0.3) is 0 Å². The van der Waals surface area contributed by atoms with E-state index in [4.69, 9.17) is 9.47 Å². The summed E-state index contributed by atoms with van der Waals surface area (Å²) >= 11 is 0. The van der Waals surface area contributed by atoms with Crippen LogP contribution in [0.4, 0.5) is 0 Å². The molecule has 5 N–H and O–H groups in total. The molecule has 0 radical (unpaired) electrons. The van der Waals surface area contributed by atoms with Crippen LogP contribution in [0.3, 0.4) is 0 Å². The largest absolute Gasteiger partial charge is 0.507 e. The Morgan fingerprint density at radius 3 is 2.32 bits per heavy atom. The number of rotatable bonds is 2. The quantitative estimate of drug-likeness (QED) is 0.427. The maximum atomic E-state index is 13.1. The van der Waals surface area contributed by atoms with Gasteiger partial charge in [-0.3, -0.25) is 9.59 Å². The fraction of sp³-hybridized carbons (Fsp3) is 0.364. The van der Waals surface area contributed by atoms with Gasteiger partial charge in [0.15, 0.2) is 0 Å². The van der Waals surface area contributed by atoms with E-state index in [1.807, 2.05) is 0 Å². The molecule has 1 saturated heterocycles. The first kappa shape index (κ1) is 21.3. The van der Waals surface area contributed by atoms with Crippen LogP contribution >= 0.6 is 0 Å². The predicted molar refractivity (Wildman–Crippen MR) is 105 cm³/mol. The summed E-state index contributed by atoms with van der Waals surface area (Å²) in [6, 6.07) is 7.44. The van der Waals surface area contributed by atoms with Gasteiger partial charge in [-0.05, 0) is 35.7 Å². The van der Waals surface area contributed by atoms with Crippen LogP contribution in [0, 0.1) is 6.92 Å². The second kappa shape index (κ2) is 7.61. The highest BCUT2D eigenvalue weighted by atomic mass is 16.7. The third-order valence-corrected chi connectivity index (χ3v) is 5.71. The number of hydrogen-bond donors (Lipinski definition) is 5. The number of aromatic hydroxyl groups is 2. The first-order valence-corrected chi connectivity index (χ1v) is 9.68. The van der Waals surface area contributed by atoms with E-state index < -0.39 is 48.4 Å². The summed E-state index contributed by atoms with van der Waals surface area (Å²) in [5.41, 5.74) is 1.11. The van der Waals surface area contributed by atoms with E-state index in [1.54, 1.807) is 19.1 Å². The monoisotopic (exact) mass is 430 g/mol. The number of esters is 1. The molecule has 1 heterocycles. The van der Waals surface area contributed by atoms with Crippen molar-refractivity contribution < 1.29 is 44.6 Å². The Morgan fingerprint density at radius 1 is 0.968 bits per heavy atom. The summed E-state index contributed by atoms with van der Waals surface area (Å²) < 4.78 is 10.7. The van der Waals surface area contributed by atoms with E-state index in [2.05, 4.69) is 0 Å². The average molecular weight is 430 g/mol. The normalized spacial score (nSPS) is 29.8. The molecule has 2 aromatic rings. The summed E-state index contributed by atoms with van der Waals surface area (Å²) in [4.78, 5) is 24.5. The molecule has 0 saturated carbocycles. The van der Waals surface area contributed by atoms with Crippen molar-refractivity contribution >= 4 is 11.8 Å². The van der Waals surface area contributed by atoms with E-state index in [-0.39, 0.29) is 22.6 Å². The predicted octanol–water partition coefficient (Wildman–Crippen LogP) is 0.453. The van der Waals surface area contributed by atoms with Crippen molar-refractivity contribution in [3.05, 3.63) is 58.1 Å². The van der Waals surface area contributed by atoms with Crippen LogP contribution in [-0.2, 0) is 14.3 Å². The van der Waals surface area contributed by atoms with Crippen LogP contribution in [0.1, 0.15) is 45.5 Å². The molecular formula is C22H22O9. The zero-order chi connectivity index (χ0) is 22.6. The molecule has 0 aromatic heterocycles. The maximum absolute atomic E-state index is 13.1.